The number of rotatable bonds is 1. The van der Waals surface area contributed by atoms with E-state index in [-0.39, 0.29) is 0 Å². The third kappa shape index (κ3) is 1.96. The van der Waals surface area contributed by atoms with Gasteiger partial charge in [0.05, 0.1) is 6.20 Å². The molecule has 0 fully saturated rings. The van der Waals surface area contributed by atoms with Crippen molar-refractivity contribution >= 4 is 6.22 Å². The Hall–Kier alpha value is -1.52. The first-order valence-electron chi connectivity index (χ1n) is 2.67. The van der Waals surface area contributed by atoms with Crippen LogP contribution in [0.15, 0.2) is 18.5 Å². The summed E-state index contributed by atoms with van der Waals surface area (Å²) in [5, 5.41) is 0. The van der Waals surface area contributed by atoms with Gasteiger partial charge in [-0.1, -0.05) is 0 Å². The fourth-order valence-corrected chi connectivity index (χ4v) is 0.525. The molecule has 1 heterocycles. The molecule has 1 aromatic heterocycles. The van der Waals surface area contributed by atoms with E-state index in [9.17, 15) is 13.6 Å². The number of ether oxygens (including phenoxy) is 1. The second kappa shape index (κ2) is 3.05. The summed E-state index contributed by atoms with van der Waals surface area (Å²) < 4.78 is 27.8. The molecule has 0 bridgehead atoms. The molecule has 0 spiro atoms. The van der Waals surface area contributed by atoms with Crippen LogP contribution in [-0.4, -0.2) is 11.2 Å². The second-order valence-electron chi connectivity index (χ2n) is 1.65. The van der Waals surface area contributed by atoms with Crippen molar-refractivity contribution in [3.05, 3.63) is 24.3 Å². The summed E-state index contributed by atoms with van der Waals surface area (Å²) in [6.45, 7) is 0. The van der Waals surface area contributed by atoms with Gasteiger partial charge < -0.3 is 4.74 Å². The Kier molecular flexibility index (Phi) is 2.10. The van der Waals surface area contributed by atoms with Gasteiger partial charge in [0.2, 0.25) is 0 Å². The van der Waals surface area contributed by atoms with E-state index in [1.807, 2.05) is 0 Å². The van der Waals surface area contributed by atoms with Gasteiger partial charge in [-0.05, 0) is 6.07 Å². The summed E-state index contributed by atoms with van der Waals surface area (Å²) in [5.41, 5.74) is 0. The smallest absolute Gasteiger partial charge is 0.396 e. The van der Waals surface area contributed by atoms with Gasteiger partial charge in [-0.25, -0.2) is 9.18 Å². The van der Waals surface area contributed by atoms with Gasteiger partial charge in [0.15, 0.2) is 11.6 Å². The van der Waals surface area contributed by atoms with Crippen LogP contribution in [0.3, 0.4) is 0 Å². The molecular formula is C6H3F2NO2. The van der Waals surface area contributed by atoms with Crippen molar-refractivity contribution in [2.45, 2.75) is 0 Å². The Morgan fingerprint density at radius 3 is 2.91 bits per heavy atom. The largest absolute Gasteiger partial charge is 0.501 e. The standard InChI is InChI=1S/C6H3F2NO2/c7-4-1-2-9-3-5(4)11-6(8)10/h1-3H. The van der Waals surface area contributed by atoms with Gasteiger partial charge in [0, 0.05) is 6.20 Å². The van der Waals surface area contributed by atoms with Crippen LogP contribution >= 0.6 is 0 Å². The number of halogens is 2. The summed E-state index contributed by atoms with van der Waals surface area (Å²) in [5.74, 6) is -1.34. The Balaban J connectivity index is 2.86. The summed E-state index contributed by atoms with van der Waals surface area (Å²) >= 11 is 0. The molecule has 58 valence electrons. The third-order valence-electron chi connectivity index (χ3n) is 0.924. The number of pyridine rings is 1. The highest BCUT2D eigenvalue weighted by Gasteiger charge is 2.06. The predicted molar refractivity (Wildman–Crippen MR) is 31.3 cm³/mol. The third-order valence-corrected chi connectivity index (χ3v) is 0.924. The first-order valence-corrected chi connectivity index (χ1v) is 2.67. The summed E-state index contributed by atoms with van der Waals surface area (Å²) in [6.07, 6.45) is 0.00875. The van der Waals surface area contributed by atoms with Crippen molar-refractivity contribution in [2.24, 2.45) is 0 Å². The van der Waals surface area contributed by atoms with Gasteiger partial charge in [-0.3, -0.25) is 4.98 Å². The summed E-state index contributed by atoms with van der Waals surface area (Å²) in [4.78, 5) is 13.1. The van der Waals surface area contributed by atoms with Crippen molar-refractivity contribution in [1.82, 2.24) is 4.98 Å². The normalized spacial score (nSPS) is 9.27. The molecule has 0 amide bonds. The Morgan fingerprint density at radius 2 is 2.36 bits per heavy atom. The van der Waals surface area contributed by atoms with E-state index in [0.29, 0.717) is 0 Å². The Bertz CT molecular complexity index is 277. The molecule has 0 aliphatic carbocycles. The maximum atomic E-state index is 12.5. The number of hydrogen-bond donors (Lipinski definition) is 0. The Labute approximate surface area is 60.6 Å². The van der Waals surface area contributed by atoms with Crippen LogP contribution in [0.25, 0.3) is 0 Å². The zero-order valence-electron chi connectivity index (χ0n) is 5.25. The molecular weight excluding hydrogens is 156 g/mol. The lowest BCUT2D eigenvalue weighted by Gasteiger charge is -1.96. The highest BCUT2D eigenvalue weighted by atomic mass is 19.1. The second-order valence-corrected chi connectivity index (χ2v) is 1.65. The number of carbonyl (C=O) groups is 1. The van der Waals surface area contributed by atoms with Crippen LogP contribution < -0.4 is 4.74 Å². The van der Waals surface area contributed by atoms with E-state index in [2.05, 4.69) is 9.72 Å². The minimum absolute atomic E-state index is 0.514. The molecule has 11 heavy (non-hydrogen) atoms. The SMILES string of the molecule is O=C(F)Oc1cnccc1F. The highest BCUT2D eigenvalue weighted by Crippen LogP contribution is 2.13. The van der Waals surface area contributed by atoms with Crippen LogP contribution in [0.2, 0.25) is 0 Å². The monoisotopic (exact) mass is 159 g/mol. The molecule has 0 N–H and O–H groups in total. The first-order chi connectivity index (χ1) is 5.20. The molecule has 0 unspecified atom stereocenters. The lowest BCUT2D eigenvalue weighted by atomic mass is 10.4. The number of nitrogens with zero attached hydrogens (tertiary/aromatic N) is 1. The van der Waals surface area contributed by atoms with Crippen LogP contribution in [0.5, 0.6) is 5.75 Å². The minimum Gasteiger partial charge on any atom is -0.396 e. The Morgan fingerprint density at radius 1 is 1.64 bits per heavy atom. The van der Waals surface area contributed by atoms with Gasteiger partial charge in [0.25, 0.3) is 0 Å². The fourth-order valence-electron chi connectivity index (χ4n) is 0.525. The van der Waals surface area contributed by atoms with Crippen molar-refractivity contribution in [3.8, 4) is 5.75 Å². The molecule has 0 aromatic carbocycles. The minimum atomic E-state index is -2.06. The topological polar surface area (TPSA) is 39.2 Å². The molecule has 5 heteroatoms. The lowest BCUT2D eigenvalue weighted by molar-refractivity contribution is 0.173. The highest BCUT2D eigenvalue weighted by molar-refractivity contribution is 5.61. The lowest BCUT2D eigenvalue weighted by Crippen LogP contribution is -1.99. The zero-order chi connectivity index (χ0) is 8.27. The quantitative estimate of drug-likeness (QED) is 0.585. The molecule has 0 saturated carbocycles. The van der Waals surface area contributed by atoms with E-state index in [1.165, 1.54) is 0 Å². The summed E-state index contributed by atoms with van der Waals surface area (Å²) in [6, 6.07) is 0.957. The van der Waals surface area contributed by atoms with E-state index < -0.39 is 17.8 Å². The van der Waals surface area contributed by atoms with Crippen LogP contribution in [0.1, 0.15) is 0 Å². The van der Waals surface area contributed by atoms with Crippen LogP contribution in [0, 0.1) is 5.82 Å². The first kappa shape index (κ1) is 7.59. The molecule has 0 saturated heterocycles. The molecule has 0 aliphatic heterocycles. The van der Waals surface area contributed by atoms with Crippen molar-refractivity contribution < 1.29 is 18.3 Å². The maximum Gasteiger partial charge on any atom is 0.501 e. The van der Waals surface area contributed by atoms with Gasteiger partial charge in [0.1, 0.15) is 0 Å². The molecule has 0 atom stereocenters. The maximum absolute atomic E-state index is 12.5. The van der Waals surface area contributed by atoms with E-state index in [4.69, 9.17) is 0 Å². The predicted octanol–water partition coefficient (Wildman–Crippen LogP) is 1.69. The molecule has 3 nitrogen and oxygen atoms in total. The van der Waals surface area contributed by atoms with Gasteiger partial charge >= 0.3 is 6.22 Å². The fraction of sp³-hybridized carbons (Fsp3) is 0. The van der Waals surface area contributed by atoms with Crippen molar-refractivity contribution in [2.75, 3.05) is 0 Å². The van der Waals surface area contributed by atoms with Crippen molar-refractivity contribution in [3.63, 3.8) is 0 Å². The van der Waals surface area contributed by atoms with E-state index in [0.717, 1.165) is 18.5 Å². The van der Waals surface area contributed by atoms with Gasteiger partial charge in [-0.15, -0.1) is 4.39 Å². The van der Waals surface area contributed by atoms with Crippen molar-refractivity contribution in [1.29, 1.82) is 0 Å². The number of aromatic nitrogens is 1. The molecule has 0 aliphatic rings. The van der Waals surface area contributed by atoms with E-state index in [1.54, 1.807) is 0 Å². The average molecular weight is 159 g/mol. The molecule has 1 aromatic rings. The average Bonchev–Trinajstić information content (AvgIpc) is 1.93. The van der Waals surface area contributed by atoms with Crippen LogP contribution in [0.4, 0.5) is 13.6 Å². The zero-order valence-corrected chi connectivity index (χ0v) is 5.25. The molecule has 0 radical (unpaired) electrons. The number of carbonyl (C=O) groups excluding carboxylic acids is 1. The van der Waals surface area contributed by atoms with E-state index >= 15 is 0 Å². The summed E-state index contributed by atoms with van der Waals surface area (Å²) in [7, 11) is 0. The molecule has 1 rings (SSSR count). The number of hydrogen-bond acceptors (Lipinski definition) is 3. The van der Waals surface area contributed by atoms with Crippen LogP contribution in [-0.2, 0) is 0 Å². The van der Waals surface area contributed by atoms with Gasteiger partial charge in [-0.2, -0.15) is 0 Å².